The highest BCUT2D eigenvalue weighted by molar-refractivity contribution is 5.89. The number of nitrogens with zero attached hydrogens (tertiary/aromatic N) is 1. The standard InChI is InChI=1S/C11H12N2O4/c1-16-4-5-17-9-6-8-2-3-12-11(8)10(7-9)13(14)15/h2-3,6-7,12H,4-5H2,1H3. The van der Waals surface area contributed by atoms with Gasteiger partial charge < -0.3 is 14.5 Å². The van der Waals surface area contributed by atoms with Gasteiger partial charge in [-0.2, -0.15) is 0 Å². The van der Waals surface area contributed by atoms with Gasteiger partial charge in [-0.15, -0.1) is 0 Å². The van der Waals surface area contributed by atoms with Crippen LogP contribution in [0.4, 0.5) is 5.69 Å². The molecule has 2 rings (SSSR count). The average molecular weight is 236 g/mol. The highest BCUT2D eigenvalue weighted by Crippen LogP contribution is 2.29. The SMILES string of the molecule is COCCOc1cc([N+](=O)[O-])c2[nH]ccc2c1. The van der Waals surface area contributed by atoms with E-state index in [0.717, 1.165) is 5.39 Å². The second kappa shape index (κ2) is 4.84. The number of hydrogen-bond acceptors (Lipinski definition) is 4. The van der Waals surface area contributed by atoms with Crippen molar-refractivity contribution in [2.75, 3.05) is 20.3 Å². The maximum atomic E-state index is 10.9. The number of hydrogen-bond donors (Lipinski definition) is 1. The van der Waals surface area contributed by atoms with Crippen molar-refractivity contribution in [2.45, 2.75) is 0 Å². The predicted molar refractivity (Wildman–Crippen MR) is 62.3 cm³/mol. The van der Waals surface area contributed by atoms with Crippen LogP contribution in [0.15, 0.2) is 24.4 Å². The van der Waals surface area contributed by atoms with Gasteiger partial charge in [-0.05, 0) is 12.1 Å². The number of H-pyrrole nitrogens is 1. The Morgan fingerprint density at radius 1 is 1.41 bits per heavy atom. The largest absolute Gasteiger partial charge is 0.491 e. The number of benzene rings is 1. The minimum Gasteiger partial charge on any atom is -0.491 e. The molecule has 17 heavy (non-hydrogen) atoms. The van der Waals surface area contributed by atoms with Gasteiger partial charge in [0.05, 0.1) is 17.6 Å². The normalized spacial score (nSPS) is 10.6. The molecule has 6 nitrogen and oxygen atoms in total. The molecule has 0 aliphatic rings. The van der Waals surface area contributed by atoms with E-state index < -0.39 is 4.92 Å². The zero-order valence-electron chi connectivity index (χ0n) is 9.30. The third-order valence-electron chi connectivity index (χ3n) is 2.36. The lowest BCUT2D eigenvalue weighted by Crippen LogP contribution is -2.04. The zero-order chi connectivity index (χ0) is 12.3. The maximum absolute atomic E-state index is 10.9. The molecule has 0 aliphatic heterocycles. The van der Waals surface area contributed by atoms with Crippen LogP contribution >= 0.6 is 0 Å². The first-order valence-electron chi connectivity index (χ1n) is 5.09. The molecule has 1 aromatic heterocycles. The lowest BCUT2D eigenvalue weighted by molar-refractivity contribution is -0.383. The molecule has 0 unspecified atom stereocenters. The molecule has 6 heteroatoms. The predicted octanol–water partition coefficient (Wildman–Crippen LogP) is 2.10. The summed E-state index contributed by atoms with van der Waals surface area (Å²) >= 11 is 0. The lowest BCUT2D eigenvalue weighted by Gasteiger charge is -2.05. The monoisotopic (exact) mass is 236 g/mol. The number of methoxy groups -OCH3 is 1. The lowest BCUT2D eigenvalue weighted by atomic mass is 10.2. The summed E-state index contributed by atoms with van der Waals surface area (Å²) < 4.78 is 10.2. The molecule has 0 atom stereocenters. The molecule has 0 radical (unpaired) electrons. The van der Waals surface area contributed by atoms with Crippen LogP contribution in [-0.4, -0.2) is 30.2 Å². The maximum Gasteiger partial charge on any atom is 0.296 e. The Hall–Kier alpha value is -2.08. The van der Waals surface area contributed by atoms with Crippen LogP contribution in [0, 0.1) is 10.1 Å². The summed E-state index contributed by atoms with van der Waals surface area (Å²) in [5.41, 5.74) is 0.522. The smallest absolute Gasteiger partial charge is 0.296 e. The molecule has 0 spiro atoms. The quantitative estimate of drug-likeness (QED) is 0.490. The van der Waals surface area contributed by atoms with E-state index in [4.69, 9.17) is 9.47 Å². The Morgan fingerprint density at radius 2 is 2.24 bits per heavy atom. The van der Waals surface area contributed by atoms with Crippen molar-refractivity contribution in [3.63, 3.8) is 0 Å². The van der Waals surface area contributed by atoms with Crippen LogP contribution in [0.5, 0.6) is 5.75 Å². The first kappa shape index (κ1) is 11.4. The molecule has 0 fully saturated rings. The van der Waals surface area contributed by atoms with Gasteiger partial charge in [-0.25, -0.2) is 0 Å². The highest BCUT2D eigenvalue weighted by Gasteiger charge is 2.15. The number of rotatable bonds is 5. The summed E-state index contributed by atoms with van der Waals surface area (Å²) in [6, 6.07) is 4.94. The van der Waals surface area contributed by atoms with Crippen molar-refractivity contribution in [3.05, 3.63) is 34.5 Å². The van der Waals surface area contributed by atoms with Gasteiger partial charge in [0.15, 0.2) is 0 Å². The topological polar surface area (TPSA) is 77.4 Å². The Morgan fingerprint density at radius 3 is 2.94 bits per heavy atom. The van der Waals surface area contributed by atoms with Crippen molar-refractivity contribution in [3.8, 4) is 5.75 Å². The van der Waals surface area contributed by atoms with Crippen LogP contribution in [0.3, 0.4) is 0 Å². The Bertz CT molecular complexity index is 535. The van der Waals surface area contributed by atoms with Gasteiger partial charge in [-0.3, -0.25) is 10.1 Å². The molecule has 0 aliphatic carbocycles. The van der Waals surface area contributed by atoms with Gasteiger partial charge in [0, 0.05) is 18.7 Å². The second-order valence-corrected chi connectivity index (χ2v) is 3.48. The van der Waals surface area contributed by atoms with E-state index in [1.54, 1.807) is 25.4 Å². The summed E-state index contributed by atoms with van der Waals surface area (Å²) in [5, 5.41) is 11.7. The molecule has 0 bridgehead atoms. The number of ether oxygens (including phenoxy) is 2. The summed E-state index contributed by atoms with van der Waals surface area (Å²) in [5.74, 6) is 0.473. The van der Waals surface area contributed by atoms with Crippen molar-refractivity contribution in [1.82, 2.24) is 4.98 Å². The van der Waals surface area contributed by atoms with E-state index in [0.29, 0.717) is 24.5 Å². The van der Waals surface area contributed by atoms with E-state index in [1.807, 2.05) is 0 Å². The number of fused-ring (bicyclic) bond motifs is 1. The van der Waals surface area contributed by atoms with Crippen molar-refractivity contribution < 1.29 is 14.4 Å². The van der Waals surface area contributed by atoms with Gasteiger partial charge in [0.25, 0.3) is 5.69 Å². The van der Waals surface area contributed by atoms with Gasteiger partial charge in [0.2, 0.25) is 0 Å². The number of aromatic amines is 1. The van der Waals surface area contributed by atoms with Crippen molar-refractivity contribution in [1.29, 1.82) is 0 Å². The number of nitro benzene ring substituents is 1. The third kappa shape index (κ3) is 2.36. The molecule has 1 N–H and O–H groups in total. The average Bonchev–Trinajstić information content (AvgIpc) is 2.76. The molecule has 2 aromatic rings. The molecule has 90 valence electrons. The number of non-ortho nitro benzene ring substituents is 1. The summed E-state index contributed by atoms with van der Waals surface area (Å²) in [6.45, 7) is 0.808. The molecule has 0 amide bonds. The van der Waals surface area contributed by atoms with E-state index in [9.17, 15) is 10.1 Å². The number of aromatic nitrogens is 1. The second-order valence-electron chi connectivity index (χ2n) is 3.48. The van der Waals surface area contributed by atoms with E-state index in [-0.39, 0.29) is 5.69 Å². The van der Waals surface area contributed by atoms with Crippen LogP contribution in [-0.2, 0) is 4.74 Å². The number of nitro groups is 1. The minimum absolute atomic E-state index is 0.0138. The van der Waals surface area contributed by atoms with Crippen molar-refractivity contribution >= 4 is 16.6 Å². The molecular formula is C11H12N2O4. The van der Waals surface area contributed by atoms with Gasteiger partial charge in [-0.1, -0.05) is 0 Å². The first-order chi connectivity index (χ1) is 8.22. The molecule has 1 aromatic carbocycles. The Balaban J connectivity index is 2.34. The highest BCUT2D eigenvalue weighted by atomic mass is 16.6. The fraction of sp³-hybridized carbons (Fsp3) is 0.273. The first-order valence-corrected chi connectivity index (χ1v) is 5.09. The van der Waals surface area contributed by atoms with Crippen LogP contribution in [0.1, 0.15) is 0 Å². The number of nitrogens with one attached hydrogen (secondary N) is 1. The zero-order valence-corrected chi connectivity index (χ0v) is 9.30. The molecule has 0 saturated carbocycles. The Kier molecular flexibility index (Phi) is 3.24. The summed E-state index contributed by atoms with van der Waals surface area (Å²) in [7, 11) is 1.57. The van der Waals surface area contributed by atoms with Gasteiger partial charge >= 0.3 is 0 Å². The van der Waals surface area contributed by atoms with Crippen LogP contribution < -0.4 is 4.74 Å². The van der Waals surface area contributed by atoms with Gasteiger partial charge in [0.1, 0.15) is 17.9 Å². The van der Waals surface area contributed by atoms with Crippen LogP contribution in [0.25, 0.3) is 10.9 Å². The fourth-order valence-corrected chi connectivity index (χ4v) is 1.60. The van der Waals surface area contributed by atoms with E-state index in [2.05, 4.69) is 4.98 Å². The van der Waals surface area contributed by atoms with E-state index >= 15 is 0 Å². The molecule has 0 saturated heterocycles. The minimum atomic E-state index is -0.429. The fourth-order valence-electron chi connectivity index (χ4n) is 1.60. The van der Waals surface area contributed by atoms with Crippen LogP contribution in [0.2, 0.25) is 0 Å². The van der Waals surface area contributed by atoms with E-state index in [1.165, 1.54) is 6.07 Å². The Labute approximate surface area is 97.3 Å². The summed E-state index contributed by atoms with van der Waals surface area (Å²) in [6.07, 6.45) is 1.66. The summed E-state index contributed by atoms with van der Waals surface area (Å²) in [4.78, 5) is 13.3. The third-order valence-corrected chi connectivity index (χ3v) is 2.36. The van der Waals surface area contributed by atoms with Crippen molar-refractivity contribution in [2.24, 2.45) is 0 Å². The molecular weight excluding hydrogens is 224 g/mol. The molecule has 1 heterocycles.